The first kappa shape index (κ1) is 13.9. The van der Waals surface area contributed by atoms with Crippen LogP contribution in [0.5, 0.6) is 0 Å². The highest BCUT2D eigenvalue weighted by Gasteiger charge is 2.16. The van der Waals surface area contributed by atoms with Crippen molar-refractivity contribution in [2.24, 2.45) is 5.84 Å². The third-order valence-corrected chi connectivity index (χ3v) is 3.16. The first-order chi connectivity index (χ1) is 9.61. The van der Waals surface area contributed by atoms with Crippen LogP contribution in [0.15, 0.2) is 29.1 Å². The largest absolute Gasteiger partial charge is 0.346 e. The summed E-state index contributed by atoms with van der Waals surface area (Å²) in [6, 6.07) is 3.93. The molecule has 0 aliphatic heterocycles. The normalized spacial score (nSPS) is 10.1. The Bertz CT molecular complexity index is 629. The van der Waals surface area contributed by atoms with Gasteiger partial charge in [-0.1, -0.05) is 0 Å². The van der Waals surface area contributed by atoms with Crippen LogP contribution in [0.3, 0.4) is 0 Å². The number of nitrogen functional groups attached to an aromatic ring is 1. The molecule has 4 N–H and O–H groups in total. The van der Waals surface area contributed by atoms with Gasteiger partial charge < -0.3 is 10.7 Å². The first-order valence-electron chi connectivity index (χ1n) is 5.52. The number of nitrogens with two attached hydrogens (primary N) is 1. The van der Waals surface area contributed by atoms with Gasteiger partial charge in [0.15, 0.2) is 0 Å². The van der Waals surface area contributed by atoms with Crippen LogP contribution >= 0.6 is 11.3 Å². The van der Waals surface area contributed by atoms with Crippen LogP contribution in [0.1, 0.15) is 16.1 Å². The molecule has 0 fully saturated rings. The molecule has 1 aromatic carbocycles. The summed E-state index contributed by atoms with van der Waals surface area (Å²) in [4.78, 5) is 26.1. The zero-order valence-electron chi connectivity index (χ0n) is 10.2. The monoisotopic (exact) mass is 293 g/mol. The number of nitrogens with zero attached hydrogens (tertiary/aromatic N) is 2. The second-order valence-corrected chi connectivity index (χ2v) is 4.51. The van der Waals surface area contributed by atoms with Gasteiger partial charge in [0.05, 0.1) is 22.7 Å². The summed E-state index contributed by atoms with van der Waals surface area (Å²) in [5.74, 6) is 4.86. The van der Waals surface area contributed by atoms with E-state index in [0.717, 1.165) is 5.69 Å². The van der Waals surface area contributed by atoms with Crippen molar-refractivity contribution in [2.75, 3.05) is 5.43 Å². The third kappa shape index (κ3) is 3.08. The second kappa shape index (κ2) is 6.08. The summed E-state index contributed by atoms with van der Waals surface area (Å²) in [5, 5.41) is 15.2. The maximum absolute atomic E-state index is 11.9. The van der Waals surface area contributed by atoms with Crippen molar-refractivity contribution in [3.8, 4) is 0 Å². The molecule has 0 aliphatic rings. The second-order valence-electron chi connectivity index (χ2n) is 3.80. The molecule has 0 radical (unpaired) electrons. The number of carbonyl (C=O) groups is 1. The molecule has 1 aromatic heterocycles. The summed E-state index contributed by atoms with van der Waals surface area (Å²) < 4.78 is 0. The quantitative estimate of drug-likeness (QED) is 0.433. The maximum atomic E-state index is 11.9. The van der Waals surface area contributed by atoms with Gasteiger partial charge in [0.25, 0.3) is 11.6 Å². The number of hydrogen-bond donors (Lipinski definition) is 3. The van der Waals surface area contributed by atoms with Crippen molar-refractivity contribution in [3.05, 3.63) is 50.5 Å². The molecule has 1 heterocycles. The van der Waals surface area contributed by atoms with E-state index in [-0.39, 0.29) is 22.8 Å². The SMILES string of the molecule is NNc1cc(C(=O)NCc2cscn2)ccc1[N+](=O)[O-]. The number of hydrazine groups is 1. The molecule has 0 spiro atoms. The Morgan fingerprint density at radius 1 is 1.50 bits per heavy atom. The van der Waals surface area contributed by atoms with Gasteiger partial charge in [-0.3, -0.25) is 20.8 Å². The number of amides is 1. The number of carbonyl (C=O) groups excluding carboxylic acids is 1. The van der Waals surface area contributed by atoms with E-state index in [1.54, 1.807) is 5.51 Å². The van der Waals surface area contributed by atoms with Crippen LogP contribution in [0.4, 0.5) is 11.4 Å². The number of nitro groups is 1. The van der Waals surface area contributed by atoms with Crippen LogP contribution in [0.2, 0.25) is 0 Å². The topological polar surface area (TPSA) is 123 Å². The van der Waals surface area contributed by atoms with Crippen LogP contribution in [0, 0.1) is 10.1 Å². The third-order valence-electron chi connectivity index (χ3n) is 2.52. The van der Waals surface area contributed by atoms with Gasteiger partial charge in [-0.05, 0) is 12.1 Å². The Hall–Kier alpha value is -2.52. The Morgan fingerprint density at radius 3 is 2.90 bits per heavy atom. The number of benzene rings is 1. The summed E-state index contributed by atoms with van der Waals surface area (Å²) in [5.41, 5.74) is 4.80. The summed E-state index contributed by atoms with van der Waals surface area (Å²) in [7, 11) is 0. The average molecular weight is 293 g/mol. The van der Waals surface area contributed by atoms with Crippen LogP contribution < -0.4 is 16.6 Å². The molecule has 0 saturated carbocycles. The molecule has 2 rings (SSSR count). The Labute approximate surface area is 117 Å². The molecule has 0 saturated heterocycles. The van der Waals surface area contributed by atoms with Gasteiger partial charge >= 0.3 is 0 Å². The van der Waals surface area contributed by atoms with Gasteiger partial charge in [-0.25, -0.2) is 4.98 Å². The van der Waals surface area contributed by atoms with E-state index in [2.05, 4.69) is 15.7 Å². The van der Waals surface area contributed by atoms with Gasteiger partial charge in [-0.15, -0.1) is 11.3 Å². The number of nitrogens with one attached hydrogen (secondary N) is 2. The van der Waals surface area contributed by atoms with Gasteiger partial charge in [0.1, 0.15) is 5.69 Å². The number of hydrogen-bond acceptors (Lipinski definition) is 7. The molecule has 9 heteroatoms. The minimum absolute atomic E-state index is 0.0799. The van der Waals surface area contributed by atoms with Crippen LogP contribution in [-0.2, 0) is 6.54 Å². The van der Waals surface area contributed by atoms with Crippen LogP contribution in [-0.4, -0.2) is 15.8 Å². The van der Waals surface area contributed by atoms with E-state index in [0.29, 0.717) is 6.54 Å². The standard InChI is InChI=1S/C11H11N5O3S/c12-15-9-3-7(1-2-10(9)16(18)19)11(17)13-4-8-5-20-6-14-8/h1-3,5-6,15H,4,12H2,(H,13,17). The molecule has 104 valence electrons. The lowest BCUT2D eigenvalue weighted by Crippen LogP contribution is -2.23. The predicted molar refractivity (Wildman–Crippen MR) is 74.2 cm³/mol. The van der Waals surface area contributed by atoms with E-state index >= 15 is 0 Å². The summed E-state index contributed by atoms with van der Waals surface area (Å²) in [6.45, 7) is 0.296. The van der Waals surface area contributed by atoms with E-state index in [9.17, 15) is 14.9 Å². The highest BCUT2D eigenvalue weighted by atomic mass is 32.1. The van der Waals surface area contributed by atoms with Crippen molar-refractivity contribution >= 4 is 28.6 Å². The maximum Gasteiger partial charge on any atom is 0.293 e. The van der Waals surface area contributed by atoms with Crippen molar-refractivity contribution in [1.82, 2.24) is 10.3 Å². The fraction of sp³-hybridized carbons (Fsp3) is 0.0909. The lowest BCUT2D eigenvalue weighted by atomic mass is 10.1. The molecule has 20 heavy (non-hydrogen) atoms. The van der Waals surface area contributed by atoms with Crippen molar-refractivity contribution in [2.45, 2.75) is 6.54 Å². The van der Waals surface area contributed by atoms with Gasteiger partial charge in [0, 0.05) is 17.0 Å². The molecular weight excluding hydrogens is 282 g/mol. The molecule has 0 atom stereocenters. The smallest absolute Gasteiger partial charge is 0.293 e. The lowest BCUT2D eigenvalue weighted by molar-refractivity contribution is -0.384. The number of aromatic nitrogens is 1. The Balaban J connectivity index is 2.12. The van der Waals surface area contributed by atoms with Crippen molar-refractivity contribution in [3.63, 3.8) is 0 Å². The van der Waals surface area contributed by atoms with E-state index < -0.39 is 4.92 Å². The van der Waals surface area contributed by atoms with E-state index in [1.165, 1.54) is 29.5 Å². The van der Waals surface area contributed by atoms with Crippen molar-refractivity contribution in [1.29, 1.82) is 0 Å². The fourth-order valence-electron chi connectivity index (χ4n) is 1.55. The lowest BCUT2D eigenvalue weighted by Gasteiger charge is -2.06. The Morgan fingerprint density at radius 2 is 2.30 bits per heavy atom. The molecular formula is C11H11N5O3S. The highest BCUT2D eigenvalue weighted by Crippen LogP contribution is 2.24. The minimum Gasteiger partial charge on any atom is -0.346 e. The van der Waals surface area contributed by atoms with E-state index in [1.807, 2.05) is 5.38 Å². The zero-order valence-corrected chi connectivity index (χ0v) is 11.0. The molecule has 1 amide bonds. The molecule has 0 unspecified atom stereocenters. The van der Waals surface area contributed by atoms with Crippen LogP contribution in [0.25, 0.3) is 0 Å². The Kier molecular flexibility index (Phi) is 4.23. The number of nitro benzene ring substituents is 1. The summed E-state index contributed by atoms with van der Waals surface area (Å²) in [6.07, 6.45) is 0. The van der Waals surface area contributed by atoms with Gasteiger partial charge in [0.2, 0.25) is 0 Å². The van der Waals surface area contributed by atoms with Crippen molar-refractivity contribution < 1.29 is 9.72 Å². The average Bonchev–Trinajstić information content (AvgIpc) is 2.97. The first-order valence-corrected chi connectivity index (χ1v) is 6.46. The molecule has 8 nitrogen and oxygen atoms in total. The molecule has 0 aliphatic carbocycles. The van der Waals surface area contributed by atoms with E-state index in [4.69, 9.17) is 5.84 Å². The zero-order chi connectivity index (χ0) is 14.5. The molecule has 2 aromatic rings. The van der Waals surface area contributed by atoms with Gasteiger partial charge in [-0.2, -0.15) is 0 Å². The highest BCUT2D eigenvalue weighted by molar-refractivity contribution is 7.07. The minimum atomic E-state index is -0.577. The molecule has 0 bridgehead atoms. The summed E-state index contributed by atoms with van der Waals surface area (Å²) >= 11 is 1.43. The number of anilines is 1. The fourth-order valence-corrected chi connectivity index (χ4v) is 2.11. The predicted octanol–water partition coefficient (Wildman–Crippen LogP) is 1.27. The number of thiazole rings is 1. The number of rotatable bonds is 5.